The minimum Gasteiger partial charge on any atom is -0.457 e. The highest BCUT2D eigenvalue weighted by molar-refractivity contribution is 5.33. The van der Waals surface area contributed by atoms with Crippen LogP contribution in [0.4, 0.5) is 0 Å². The van der Waals surface area contributed by atoms with E-state index in [1.807, 2.05) is 72.4 Å². The lowest BCUT2D eigenvalue weighted by atomic mass is 10.2. The van der Waals surface area contributed by atoms with E-state index in [1.54, 1.807) is 0 Å². The highest BCUT2D eigenvalue weighted by atomic mass is 16.5. The van der Waals surface area contributed by atoms with Gasteiger partial charge in [0.2, 0.25) is 0 Å². The fourth-order valence-corrected chi connectivity index (χ4v) is 2.07. The topological polar surface area (TPSA) is 27.1 Å². The summed E-state index contributed by atoms with van der Waals surface area (Å²) in [4.78, 5) is 0. The van der Waals surface area contributed by atoms with Gasteiger partial charge in [0, 0.05) is 6.20 Å². The molecule has 0 spiro atoms. The van der Waals surface area contributed by atoms with Crippen LogP contribution >= 0.6 is 0 Å². The molecule has 1 heterocycles. The molecule has 1 aromatic heterocycles. The van der Waals surface area contributed by atoms with Crippen LogP contribution in [0.1, 0.15) is 11.3 Å². The largest absolute Gasteiger partial charge is 0.457 e. The number of hydrogen-bond acceptors (Lipinski definition) is 2. The van der Waals surface area contributed by atoms with Crippen molar-refractivity contribution in [3.8, 4) is 11.5 Å². The van der Waals surface area contributed by atoms with Crippen molar-refractivity contribution in [3.05, 3.63) is 78.1 Å². The smallest absolute Gasteiger partial charge is 0.127 e. The summed E-state index contributed by atoms with van der Waals surface area (Å²) in [6.07, 6.45) is 1.99. The van der Waals surface area contributed by atoms with Crippen LogP contribution in [0.2, 0.25) is 0 Å². The summed E-state index contributed by atoms with van der Waals surface area (Å²) >= 11 is 0. The van der Waals surface area contributed by atoms with Crippen molar-refractivity contribution < 1.29 is 4.74 Å². The molecule has 3 aromatic rings. The van der Waals surface area contributed by atoms with Crippen LogP contribution in [0.5, 0.6) is 11.5 Å². The molecule has 2 aromatic carbocycles. The molecule has 0 atom stereocenters. The molecule has 0 aliphatic carbocycles. The Balaban J connectivity index is 1.76. The predicted octanol–water partition coefficient (Wildman–Crippen LogP) is 4.03. The lowest BCUT2D eigenvalue weighted by Crippen LogP contribution is -2.00. The standard InChI is InChI=1S/C17H16N2O/c1-14-10-11-19(18-14)13-15-6-5-9-17(12-15)20-16-7-3-2-4-8-16/h2-12H,13H2,1H3. The Hall–Kier alpha value is -2.55. The maximum absolute atomic E-state index is 5.83. The van der Waals surface area contributed by atoms with E-state index in [4.69, 9.17) is 4.74 Å². The first kappa shape index (κ1) is 12.5. The number of para-hydroxylation sites is 1. The Morgan fingerprint density at radius 1 is 0.950 bits per heavy atom. The molecule has 0 N–H and O–H groups in total. The van der Waals surface area contributed by atoms with Gasteiger partial charge in [0.1, 0.15) is 11.5 Å². The van der Waals surface area contributed by atoms with Crippen LogP contribution in [0.15, 0.2) is 66.9 Å². The maximum atomic E-state index is 5.83. The number of rotatable bonds is 4. The van der Waals surface area contributed by atoms with E-state index in [1.165, 1.54) is 5.56 Å². The van der Waals surface area contributed by atoms with Gasteiger partial charge in [0.25, 0.3) is 0 Å². The number of aromatic nitrogens is 2. The van der Waals surface area contributed by atoms with E-state index in [0.29, 0.717) is 0 Å². The molecule has 20 heavy (non-hydrogen) atoms. The molecule has 100 valence electrons. The van der Waals surface area contributed by atoms with Crippen LogP contribution in [0, 0.1) is 6.92 Å². The molecule has 3 heteroatoms. The molecule has 0 unspecified atom stereocenters. The molecule has 0 radical (unpaired) electrons. The molecule has 0 amide bonds. The average Bonchev–Trinajstić information content (AvgIpc) is 2.86. The first-order valence-electron chi connectivity index (χ1n) is 6.61. The van der Waals surface area contributed by atoms with Gasteiger partial charge in [-0.15, -0.1) is 0 Å². The van der Waals surface area contributed by atoms with Gasteiger partial charge < -0.3 is 4.74 Å². The number of ether oxygens (including phenoxy) is 1. The van der Waals surface area contributed by atoms with E-state index in [9.17, 15) is 0 Å². The number of nitrogens with zero attached hydrogens (tertiary/aromatic N) is 2. The lowest BCUT2D eigenvalue weighted by molar-refractivity contribution is 0.481. The second-order valence-corrected chi connectivity index (χ2v) is 4.72. The van der Waals surface area contributed by atoms with Gasteiger partial charge in [-0.1, -0.05) is 30.3 Å². The zero-order valence-electron chi connectivity index (χ0n) is 11.4. The zero-order chi connectivity index (χ0) is 13.8. The van der Waals surface area contributed by atoms with Gasteiger partial charge in [-0.2, -0.15) is 5.10 Å². The fourth-order valence-electron chi connectivity index (χ4n) is 2.07. The molecular weight excluding hydrogens is 248 g/mol. The van der Waals surface area contributed by atoms with Gasteiger partial charge in [-0.05, 0) is 42.8 Å². The van der Waals surface area contributed by atoms with Gasteiger partial charge in [0.15, 0.2) is 0 Å². The summed E-state index contributed by atoms with van der Waals surface area (Å²) in [7, 11) is 0. The summed E-state index contributed by atoms with van der Waals surface area (Å²) in [5.41, 5.74) is 2.20. The van der Waals surface area contributed by atoms with E-state index >= 15 is 0 Å². The van der Waals surface area contributed by atoms with E-state index in [-0.39, 0.29) is 0 Å². The van der Waals surface area contributed by atoms with Crippen molar-refractivity contribution >= 4 is 0 Å². The quantitative estimate of drug-likeness (QED) is 0.711. The Kier molecular flexibility index (Phi) is 3.50. The molecule has 0 aliphatic heterocycles. The number of benzene rings is 2. The highest BCUT2D eigenvalue weighted by Crippen LogP contribution is 2.22. The second kappa shape index (κ2) is 5.61. The van der Waals surface area contributed by atoms with Crippen molar-refractivity contribution in [1.82, 2.24) is 9.78 Å². The number of hydrogen-bond donors (Lipinski definition) is 0. The first-order valence-corrected chi connectivity index (χ1v) is 6.61. The third kappa shape index (κ3) is 3.06. The zero-order valence-corrected chi connectivity index (χ0v) is 11.4. The summed E-state index contributed by atoms with van der Waals surface area (Å²) in [5.74, 6) is 1.69. The van der Waals surface area contributed by atoms with Gasteiger partial charge in [0.05, 0.1) is 12.2 Å². The van der Waals surface area contributed by atoms with Gasteiger partial charge in [-0.3, -0.25) is 4.68 Å². The van der Waals surface area contributed by atoms with Gasteiger partial charge >= 0.3 is 0 Å². The minimum atomic E-state index is 0.750. The molecular formula is C17H16N2O. The molecule has 0 bridgehead atoms. The molecule has 0 saturated carbocycles. The summed E-state index contributed by atoms with van der Waals surface area (Å²) < 4.78 is 7.76. The van der Waals surface area contributed by atoms with Crippen molar-refractivity contribution in [1.29, 1.82) is 0 Å². The summed E-state index contributed by atoms with van der Waals surface area (Å²) in [6, 6.07) is 19.9. The normalized spacial score (nSPS) is 10.4. The minimum absolute atomic E-state index is 0.750. The molecule has 3 nitrogen and oxygen atoms in total. The maximum Gasteiger partial charge on any atom is 0.127 e. The van der Waals surface area contributed by atoms with Crippen LogP contribution in [-0.2, 0) is 6.54 Å². The molecule has 3 rings (SSSR count). The Morgan fingerprint density at radius 2 is 1.75 bits per heavy atom. The van der Waals surface area contributed by atoms with Crippen molar-refractivity contribution in [2.24, 2.45) is 0 Å². The van der Waals surface area contributed by atoms with Crippen LogP contribution in [0.3, 0.4) is 0 Å². The Bertz CT molecular complexity index is 689. The third-order valence-corrected chi connectivity index (χ3v) is 3.00. The lowest BCUT2D eigenvalue weighted by Gasteiger charge is -2.08. The van der Waals surface area contributed by atoms with Crippen molar-refractivity contribution in [3.63, 3.8) is 0 Å². The van der Waals surface area contributed by atoms with E-state index in [0.717, 1.165) is 23.7 Å². The van der Waals surface area contributed by atoms with E-state index in [2.05, 4.69) is 11.2 Å². The third-order valence-electron chi connectivity index (χ3n) is 3.00. The van der Waals surface area contributed by atoms with E-state index < -0.39 is 0 Å². The molecule has 0 fully saturated rings. The molecule has 0 saturated heterocycles. The van der Waals surface area contributed by atoms with Crippen molar-refractivity contribution in [2.75, 3.05) is 0 Å². The average molecular weight is 264 g/mol. The Morgan fingerprint density at radius 3 is 2.50 bits per heavy atom. The van der Waals surface area contributed by atoms with Gasteiger partial charge in [-0.25, -0.2) is 0 Å². The van der Waals surface area contributed by atoms with Crippen LogP contribution in [0.25, 0.3) is 0 Å². The summed E-state index contributed by atoms with van der Waals surface area (Å²) in [5, 5.41) is 4.40. The number of aryl methyl sites for hydroxylation is 1. The fraction of sp³-hybridized carbons (Fsp3) is 0.118. The first-order chi connectivity index (χ1) is 9.79. The van der Waals surface area contributed by atoms with Crippen molar-refractivity contribution in [2.45, 2.75) is 13.5 Å². The molecule has 0 aliphatic rings. The predicted molar refractivity (Wildman–Crippen MR) is 79.0 cm³/mol. The highest BCUT2D eigenvalue weighted by Gasteiger charge is 2.01. The Labute approximate surface area is 118 Å². The van der Waals surface area contributed by atoms with Crippen LogP contribution < -0.4 is 4.74 Å². The SMILES string of the molecule is Cc1ccn(Cc2cccc(Oc3ccccc3)c2)n1. The monoisotopic (exact) mass is 264 g/mol. The van der Waals surface area contributed by atoms with Crippen LogP contribution in [-0.4, -0.2) is 9.78 Å². The second-order valence-electron chi connectivity index (χ2n) is 4.72. The summed E-state index contributed by atoms with van der Waals surface area (Å²) in [6.45, 7) is 2.74.